The smallest absolute Gasteiger partial charge is 0.142 e. The summed E-state index contributed by atoms with van der Waals surface area (Å²) in [5, 5.41) is 0. The zero-order valence-electron chi connectivity index (χ0n) is 11.5. The van der Waals surface area contributed by atoms with Crippen molar-refractivity contribution in [3.63, 3.8) is 0 Å². The van der Waals surface area contributed by atoms with Gasteiger partial charge in [0, 0.05) is 24.4 Å². The van der Waals surface area contributed by atoms with E-state index in [0.717, 1.165) is 32.5 Å². The number of Topliss-reactive ketones (excluding diaryl/α,β-unsaturated/α-hetero) is 1. The van der Waals surface area contributed by atoms with Crippen molar-refractivity contribution in [2.75, 3.05) is 19.6 Å². The summed E-state index contributed by atoms with van der Waals surface area (Å²) in [4.78, 5) is 14.6. The van der Waals surface area contributed by atoms with Crippen LogP contribution >= 0.6 is 0 Å². The molecule has 0 aromatic rings. The molecule has 1 atom stereocenters. The van der Waals surface area contributed by atoms with Gasteiger partial charge in [0.15, 0.2) is 0 Å². The number of nitrogens with zero attached hydrogens (tertiary/aromatic N) is 1. The quantitative estimate of drug-likeness (QED) is 0.717. The van der Waals surface area contributed by atoms with Crippen molar-refractivity contribution >= 4 is 5.78 Å². The maximum Gasteiger partial charge on any atom is 0.142 e. The second-order valence-corrected chi connectivity index (χ2v) is 6.23. The minimum Gasteiger partial charge on any atom is -0.303 e. The first-order chi connectivity index (χ1) is 7.36. The number of carbonyl (C=O) groups excluding carboxylic acids is 1. The van der Waals surface area contributed by atoms with Crippen LogP contribution in [0.4, 0.5) is 0 Å². The highest BCUT2D eigenvalue weighted by molar-refractivity contribution is 5.88. The molecular weight excluding hydrogens is 198 g/mol. The van der Waals surface area contributed by atoms with Gasteiger partial charge < -0.3 is 4.90 Å². The molecule has 0 amide bonds. The zero-order chi connectivity index (χ0) is 12.3. The molecule has 16 heavy (non-hydrogen) atoms. The fourth-order valence-corrected chi connectivity index (χ4v) is 2.68. The molecule has 1 rings (SSSR count). The van der Waals surface area contributed by atoms with Crippen LogP contribution in [0.2, 0.25) is 0 Å². The first kappa shape index (κ1) is 13.7. The molecule has 0 spiro atoms. The average Bonchev–Trinajstić information content (AvgIpc) is 2.43. The molecule has 1 fully saturated rings. The monoisotopic (exact) mass is 225 g/mol. The Kier molecular flexibility index (Phi) is 4.54. The van der Waals surface area contributed by atoms with E-state index in [1.54, 1.807) is 0 Å². The van der Waals surface area contributed by atoms with Crippen LogP contribution in [0.5, 0.6) is 0 Å². The maximum absolute atomic E-state index is 12.1. The third kappa shape index (κ3) is 3.31. The summed E-state index contributed by atoms with van der Waals surface area (Å²) in [5.41, 5.74) is -0.0676. The fourth-order valence-electron chi connectivity index (χ4n) is 2.68. The second kappa shape index (κ2) is 5.31. The Morgan fingerprint density at radius 1 is 1.44 bits per heavy atom. The van der Waals surface area contributed by atoms with Crippen LogP contribution in [0.15, 0.2) is 0 Å². The summed E-state index contributed by atoms with van der Waals surface area (Å²) in [6.45, 7) is 14.0. The van der Waals surface area contributed by atoms with Gasteiger partial charge in [0.2, 0.25) is 0 Å². The molecule has 1 unspecified atom stereocenters. The van der Waals surface area contributed by atoms with Gasteiger partial charge >= 0.3 is 0 Å². The van der Waals surface area contributed by atoms with E-state index in [4.69, 9.17) is 0 Å². The van der Waals surface area contributed by atoms with E-state index in [1.165, 1.54) is 0 Å². The Morgan fingerprint density at radius 3 is 2.44 bits per heavy atom. The summed E-state index contributed by atoms with van der Waals surface area (Å²) in [7, 11) is 0. The van der Waals surface area contributed by atoms with Gasteiger partial charge in [0.05, 0.1) is 0 Å². The van der Waals surface area contributed by atoms with Gasteiger partial charge in [-0.15, -0.1) is 0 Å². The minimum atomic E-state index is -0.0676. The van der Waals surface area contributed by atoms with E-state index >= 15 is 0 Å². The number of hydrogen-bond donors (Lipinski definition) is 0. The zero-order valence-corrected chi connectivity index (χ0v) is 11.5. The number of ketones is 1. The largest absolute Gasteiger partial charge is 0.303 e. The fraction of sp³-hybridized carbons (Fsp3) is 0.929. The highest BCUT2D eigenvalue weighted by Crippen LogP contribution is 2.37. The molecule has 0 aliphatic heterocycles. The molecule has 2 nitrogen and oxygen atoms in total. The molecule has 0 bridgehead atoms. The predicted molar refractivity (Wildman–Crippen MR) is 68.5 cm³/mol. The van der Waals surface area contributed by atoms with E-state index < -0.39 is 0 Å². The summed E-state index contributed by atoms with van der Waals surface area (Å²) in [6.07, 6.45) is 2.15. The first-order valence-corrected chi connectivity index (χ1v) is 6.63. The summed E-state index contributed by atoms with van der Waals surface area (Å²) >= 11 is 0. The third-order valence-corrected chi connectivity index (χ3v) is 3.70. The van der Waals surface area contributed by atoms with Crippen molar-refractivity contribution in [2.45, 2.75) is 47.5 Å². The molecule has 0 saturated heterocycles. The highest BCUT2D eigenvalue weighted by atomic mass is 16.1. The summed E-state index contributed by atoms with van der Waals surface area (Å²) in [5.74, 6) is 1.45. The topological polar surface area (TPSA) is 20.3 Å². The van der Waals surface area contributed by atoms with Crippen LogP contribution in [0.1, 0.15) is 47.5 Å². The lowest BCUT2D eigenvalue weighted by molar-refractivity contribution is -0.128. The Labute approximate surface area is 100 Å². The second-order valence-electron chi connectivity index (χ2n) is 6.23. The van der Waals surface area contributed by atoms with Crippen LogP contribution in [-0.2, 0) is 4.79 Å². The molecule has 1 saturated carbocycles. The van der Waals surface area contributed by atoms with E-state index in [-0.39, 0.29) is 11.3 Å². The van der Waals surface area contributed by atoms with Crippen LogP contribution < -0.4 is 0 Å². The number of rotatable bonds is 5. The van der Waals surface area contributed by atoms with Gasteiger partial charge in [-0.05, 0) is 25.3 Å². The van der Waals surface area contributed by atoms with Crippen LogP contribution in [0, 0.1) is 17.3 Å². The normalized spacial score (nSPS) is 24.7. The Hall–Kier alpha value is -0.370. The SMILES string of the molecule is CCN(CC(C)C)CC1CCC(C)(C)C1=O. The molecule has 0 heterocycles. The van der Waals surface area contributed by atoms with E-state index in [2.05, 4.69) is 39.5 Å². The van der Waals surface area contributed by atoms with Gasteiger partial charge in [-0.25, -0.2) is 0 Å². The summed E-state index contributed by atoms with van der Waals surface area (Å²) in [6, 6.07) is 0. The van der Waals surface area contributed by atoms with Gasteiger partial charge in [0.1, 0.15) is 5.78 Å². The van der Waals surface area contributed by atoms with Gasteiger partial charge in [-0.3, -0.25) is 4.79 Å². The Morgan fingerprint density at radius 2 is 2.06 bits per heavy atom. The molecule has 0 N–H and O–H groups in total. The summed E-state index contributed by atoms with van der Waals surface area (Å²) < 4.78 is 0. The molecule has 0 radical (unpaired) electrons. The van der Waals surface area contributed by atoms with Gasteiger partial charge in [-0.2, -0.15) is 0 Å². The average molecular weight is 225 g/mol. The van der Waals surface area contributed by atoms with Crippen molar-refractivity contribution in [1.29, 1.82) is 0 Å². The number of carbonyl (C=O) groups is 1. The Bertz CT molecular complexity index is 245. The third-order valence-electron chi connectivity index (χ3n) is 3.70. The highest BCUT2D eigenvalue weighted by Gasteiger charge is 2.40. The van der Waals surface area contributed by atoms with Crippen LogP contribution in [0.3, 0.4) is 0 Å². The lowest BCUT2D eigenvalue weighted by atomic mass is 9.89. The first-order valence-electron chi connectivity index (χ1n) is 6.63. The maximum atomic E-state index is 12.1. The van der Waals surface area contributed by atoms with Crippen molar-refractivity contribution in [3.05, 3.63) is 0 Å². The van der Waals surface area contributed by atoms with Crippen molar-refractivity contribution in [3.8, 4) is 0 Å². The molecule has 0 aromatic carbocycles. The van der Waals surface area contributed by atoms with Crippen LogP contribution in [0.25, 0.3) is 0 Å². The van der Waals surface area contributed by atoms with Crippen molar-refractivity contribution in [1.82, 2.24) is 4.90 Å². The lowest BCUT2D eigenvalue weighted by Gasteiger charge is -2.26. The Balaban J connectivity index is 2.51. The van der Waals surface area contributed by atoms with E-state index in [1.807, 2.05) is 0 Å². The minimum absolute atomic E-state index is 0.0676. The van der Waals surface area contributed by atoms with Gasteiger partial charge in [-0.1, -0.05) is 34.6 Å². The number of hydrogen-bond acceptors (Lipinski definition) is 2. The van der Waals surface area contributed by atoms with E-state index in [9.17, 15) is 4.79 Å². The standard InChI is InChI=1S/C14H27NO/c1-6-15(9-11(2)3)10-12-7-8-14(4,5)13(12)16/h11-12H,6-10H2,1-5H3. The molecule has 2 heteroatoms. The lowest BCUT2D eigenvalue weighted by Crippen LogP contribution is -2.35. The molecule has 94 valence electrons. The molecular formula is C14H27NO. The predicted octanol–water partition coefficient (Wildman–Crippen LogP) is 2.97. The van der Waals surface area contributed by atoms with Crippen molar-refractivity contribution in [2.24, 2.45) is 17.3 Å². The van der Waals surface area contributed by atoms with Crippen molar-refractivity contribution < 1.29 is 4.79 Å². The van der Waals surface area contributed by atoms with Crippen LogP contribution in [-0.4, -0.2) is 30.3 Å². The van der Waals surface area contributed by atoms with Gasteiger partial charge in [0.25, 0.3) is 0 Å². The molecule has 1 aliphatic carbocycles. The van der Waals surface area contributed by atoms with E-state index in [0.29, 0.717) is 11.7 Å². The molecule has 1 aliphatic rings. The molecule has 0 aromatic heterocycles.